The third-order valence-electron chi connectivity index (χ3n) is 2.83. The van der Waals surface area contributed by atoms with Gasteiger partial charge >= 0.3 is 0 Å². The summed E-state index contributed by atoms with van der Waals surface area (Å²) in [4.78, 5) is 7.85. The molecule has 0 unspecified atom stereocenters. The van der Waals surface area contributed by atoms with E-state index in [4.69, 9.17) is 5.73 Å². The van der Waals surface area contributed by atoms with Crippen LogP contribution in [0.1, 0.15) is 24.6 Å². The van der Waals surface area contributed by atoms with Crippen LogP contribution in [0.15, 0.2) is 6.20 Å². The van der Waals surface area contributed by atoms with Gasteiger partial charge in [-0.1, -0.05) is 6.92 Å². The molecule has 1 aromatic rings. The lowest BCUT2D eigenvalue weighted by molar-refractivity contribution is 0.186. The van der Waals surface area contributed by atoms with Crippen LogP contribution in [-0.4, -0.2) is 23.0 Å². The molecule has 1 aliphatic rings. The molecule has 15 heavy (non-hydrogen) atoms. The predicted octanol–water partition coefficient (Wildman–Crippen LogP) is 2.38. The Morgan fingerprint density at radius 3 is 2.73 bits per heavy atom. The number of hydrogen-bond donors (Lipinski definition) is 1. The van der Waals surface area contributed by atoms with Gasteiger partial charge in [0.2, 0.25) is 0 Å². The molecule has 1 aromatic heterocycles. The van der Waals surface area contributed by atoms with Crippen molar-refractivity contribution < 1.29 is 0 Å². The average molecular weight is 248 g/mol. The zero-order valence-electron chi connectivity index (χ0n) is 8.98. The molecule has 0 saturated carbocycles. The lowest BCUT2D eigenvalue weighted by atomic mass is 9.99. The van der Waals surface area contributed by atoms with Gasteiger partial charge in [-0.2, -0.15) is 0 Å². The topological polar surface area (TPSA) is 42.2 Å². The third kappa shape index (κ3) is 3.63. The molecule has 0 spiro atoms. The maximum Gasteiger partial charge on any atom is 0.180 e. The van der Waals surface area contributed by atoms with Crippen LogP contribution in [0, 0.1) is 5.92 Å². The van der Waals surface area contributed by atoms with Gasteiger partial charge in [-0.05, 0) is 31.8 Å². The minimum atomic E-state index is 0. The molecule has 2 N–H and O–H groups in total. The van der Waals surface area contributed by atoms with Crippen molar-refractivity contribution in [3.63, 3.8) is 0 Å². The van der Waals surface area contributed by atoms with Crippen molar-refractivity contribution in [1.82, 2.24) is 9.88 Å². The molecular weight excluding hydrogens is 230 g/mol. The first-order valence-corrected chi connectivity index (χ1v) is 5.98. The van der Waals surface area contributed by atoms with Crippen molar-refractivity contribution in [2.45, 2.75) is 26.3 Å². The van der Waals surface area contributed by atoms with Crippen molar-refractivity contribution in [3.05, 3.63) is 11.1 Å². The Kier molecular flexibility index (Phi) is 4.83. The van der Waals surface area contributed by atoms with E-state index in [1.54, 1.807) is 11.3 Å². The van der Waals surface area contributed by atoms with E-state index >= 15 is 0 Å². The largest absolute Gasteiger partial charge is 0.375 e. The van der Waals surface area contributed by atoms with E-state index in [0.29, 0.717) is 5.13 Å². The number of piperidine rings is 1. The van der Waals surface area contributed by atoms with Gasteiger partial charge in [0.15, 0.2) is 5.13 Å². The van der Waals surface area contributed by atoms with Crippen LogP contribution in [-0.2, 0) is 6.54 Å². The Morgan fingerprint density at radius 2 is 2.20 bits per heavy atom. The standard InChI is InChI=1S/C10H17N3S.ClH/c1-8-2-4-13(5-3-8)7-9-6-12-10(11)14-9;/h6,8H,2-5,7H2,1H3,(H2,11,12);1H. The fraction of sp³-hybridized carbons (Fsp3) is 0.700. The molecule has 0 aromatic carbocycles. The summed E-state index contributed by atoms with van der Waals surface area (Å²) >= 11 is 1.61. The lowest BCUT2D eigenvalue weighted by Gasteiger charge is -2.29. The fourth-order valence-corrected chi connectivity index (χ4v) is 2.56. The number of halogens is 1. The van der Waals surface area contributed by atoms with Gasteiger partial charge < -0.3 is 5.73 Å². The highest BCUT2D eigenvalue weighted by atomic mass is 35.5. The Morgan fingerprint density at radius 1 is 1.53 bits per heavy atom. The van der Waals surface area contributed by atoms with E-state index in [2.05, 4.69) is 16.8 Å². The molecular formula is C10H18ClN3S. The summed E-state index contributed by atoms with van der Waals surface area (Å²) in [5.74, 6) is 0.901. The predicted molar refractivity (Wildman–Crippen MR) is 67.4 cm³/mol. The van der Waals surface area contributed by atoms with Crippen molar-refractivity contribution in [2.75, 3.05) is 18.8 Å². The summed E-state index contributed by atoms with van der Waals surface area (Å²) in [6, 6.07) is 0. The minimum Gasteiger partial charge on any atom is -0.375 e. The highest BCUT2D eigenvalue weighted by Crippen LogP contribution is 2.21. The van der Waals surface area contributed by atoms with Crippen LogP contribution >= 0.6 is 23.7 Å². The number of thiazole rings is 1. The summed E-state index contributed by atoms with van der Waals surface area (Å²) in [5, 5.41) is 0.686. The molecule has 0 bridgehead atoms. The van der Waals surface area contributed by atoms with Gasteiger partial charge in [-0.25, -0.2) is 4.98 Å². The molecule has 0 radical (unpaired) electrons. The first-order valence-electron chi connectivity index (χ1n) is 5.16. The first kappa shape index (κ1) is 12.7. The Labute approximate surface area is 101 Å². The molecule has 1 aliphatic heterocycles. The second kappa shape index (κ2) is 5.68. The zero-order chi connectivity index (χ0) is 9.97. The smallest absolute Gasteiger partial charge is 0.180 e. The van der Waals surface area contributed by atoms with E-state index in [0.717, 1.165) is 12.5 Å². The second-order valence-corrected chi connectivity index (χ2v) is 5.27. The normalized spacial score (nSPS) is 18.7. The maximum atomic E-state index is 5.59. The molecule has 0 aliphatic carbocycles. The van der Waals surface area contributed by atoms with Gasteiger partial charge in [-0.3, -0.25) is 4.90 Å². The second-order valence-electron chi connectivity index (χ2n) is 4.12. The summed E-state index contributed by atoms with van der Waals surface area (Å²) in [6.07, 6.45) is 4.56. The van der Waals surface area contributed by atoms with Crippen molar-refractivity contribution >= 4 is 28.9 Å². The van der Waals surface area contributed by atoms with Gasteiger partial charge in [0, 0.05) is 17.6 Å². The maximum absolute atomic E-state index is 5.59. The fourth-order valence-electron chi connectivity index (χ4n) is 1.84. The van der Waals surface area contributed by atoms with E-state index in [1.165, 1.54) is 30.8 Å². The highest BCUT2D eigenvalue weighted by molar-refractivity contribution is 7.15. The molecule has 5 heteroatoms. The molecule has 2 rings (SSSR count). The molecule has 1 saturated heterocycles. The van der Waals surface area contributed by atoms with Crippen molar-refractivity contribution in [1.29, 1.82) is 0 Å². The number of nitrogens with two attached hydrogens (primary N) is 1. The molecule has 1 fully saturated rings. The average Bonchev–Trinajstić information content (AvgIpc) is 2.56. The number of aromatic nitrogens is 1. The quantitative estimate of drug-likeness (QED) is 0.873. The van der Waals surface area contributed by atoms with Crippen LogP contribution < -0.4 is 5.73 Å². The molecule has 0 atom stereocenters. The number of nitrogen functional groups attached to an aromatic ring is 1. The monoisotopic (exact) mass is 247 g/mol. The van der Waals surface area contributed by atoms with Gasteiger partial charge in [0.25, 0.3) is 0 Å². The van der Waals surface area contributed by atoms with E-state index in [-0.39, 0.29) is 12.4 Å². The van der Waals surface area contributed by atoms with E-state index < -0.39 is 0 Å². The summed E-state index contributed by atoms with van der Waals surface area (Å²) in [5.41, 5.74) is 5.59. The van der Waals surface area contributed by atoms with Crippen molar-refractivity contribution in [2.24, 2.45) is 5.92 Å². The van der Waals surface area contributed by atoms with Crippen molar-refractivity contribution in [3.8, 4) is 0 Å². The number of likely N-dealkylation sites (tertiary alicyclic amines) is 1. The van der Waals surface area contributed by atoms with Crippen LogP contribution in [0.25, 0.3) is 0 Å². The third-order valence-corrected chi connectivity index (χ3v) is 3.64. The zero-order valence-corrected chi connectivity index (χ0v) is 10.6. The minimum absolute atomic E-state index is 0. The van der Waals surface area contributed by atoms with Crippen LogP contribution in [0.5, 0.6) is 0 Å². The molecule has 2 heterocycles. The van der Waals surface area contributed by atoms with Gasteiger partial charge in [0.05, 0.1) is 0 Å². The first-order chi connectivity index (χ1) is 6.74. The van der Waals surface area contributed by atoms with Gasteiger partial charge in [0.1, 0.15) is 0 Å². The number of rotatable bonds is 2. The molecule has 86 valence electrons. The van der Waals surface area contributed by atoms with Crippen LogP contribution in [0.2, 0.25) is 0 Å². The molecule has 3 nitrogen and oxygen atoms in total. The van der Waals surface area contributed by atoms with Crippen LogP contribution in [0.3, 0.4) is 0 Å². The van der Waals surface area contributed by atoms with Gasteiger partial charge in [-0.15, -0.1) is 23.7 Å². The summed E-state index contributed by atoms with van der Waals surface area (Å²) < 4.78 is 0. The van der Waals surface area contributed by atoms with Crippen LogP contribution in [0.4, 0.5) is 5.13 Å². The Bertz CT molecular complexity index is 295. The number of nitrogens with zero attached hydrogens (tertiary/aromatic N) is 2. The Balaban J connectivity index is 0.00000112. The summed E-state index contributed by atoms with van der Waals surface area (Å²) in [6.45, 7) is 5.81. The van der Waals surface area contributed by atoms with E-state index in [1.807, 2.05) is 6.20 Å². The number of hydrogen-bond acceptors (Lipinski definition) is 4. The highest BCUT2D eigenvalue weighted by Gasteiger charge is 2.16. The number of anilines is 1. The molecule has 0 amide bonds. The SMILES string of the molecule is CC1CCN(Cc2cnc(N)s2)CC1.Cl. The Hall–Kier alpha value is -0.320. The summed E-state index contributed by atoms with van der Waals surface area (Å²) in [7, 11) is 0. The van der Waals surface area contributed by atoms with E-state index in [9.17, 15) is 0 Å². The lowest BCUT2D eigenvalue weighted by Crippen LogP contribution is -2.32.